The van der Waals surface area contributed by atoms with E-state index in [0.29, 0.717) is 16.8 Å². The van der Waals surface area contributed by atoms with Gasteiger partial charge in [-0.2, -0.15) is 5.26 Å². The largest absolute Gasteiger partial charge is 0.397 e. The van der Waals surface area contributed by atoms with E-state index in [1.165, 1.54) is 6.92 Å². The number of ketones is 1. The van der Waals surface area contributed by atoms with Crippen LogP contribution in [0.1, 0.15) is 22.8 Å². The number of carbonyl (C=O) groups excluding carboxylic acids is 1. The van der Waals surface area contributed by atoms with Crippen molar-refractivity contribution in [3.05, 3.63) is 53.6 Å². The molecule has 0 aliphatic heterocycles. The maximum atomic E-state index is 11.2. The van der Waals surface area contributed by atoms with Crippen LogP contribution in [0.15, 0.2) is 42.5 Å². The first kappa shape index (κ1) is 12.7. The molecular formula is C15H13N3O. The number of rotatable bonds is 3. The van der Waals surface area contributed by atoms with Gasteiger partial charge in [0.2, 0.25) is 0 Å². The maximum absolute atomic E-state index is 11.2. The molecule has 4 heteroatoms. The van der Waals surface area contributed by atoms with Crippen molar-refractivity contribution in [1.29, 1.82) is 5.26 Å². The van der Waals surface area contributed by atoms with Crippen LogP contribution < -0.4 is 11.1 Å². The predicted octanol–water partition coefficient (Wildman–Crippen LogP) is 3.09. The third-order valence-electron chi connectivity index (χ3n) is 2.75. The van der Waals surface area contributed by atoms with Gasteiger partial charge >= 0.3 is 0 Å². The van der Waals surface area contributed by atoms with E-state index in [1.54, 1.807) is 42.5 Å². The first-order chi connectivity index (χ1) is 9.10. The Hall–Kier alpha value is -2.80. The molecule has 4 nitrogen and oxygen atoms in total. The summed E-state index contributed by atoms with van der Waals surface area (Å²) in [6, 6.07) is 14.3. The Morgan fingerprint density at radius 2 is 1.89 bits per heavy atom. The van der Waals surface area contributed by atoms with Crippen LogP contribution in [0.25, 0.3) is 0 Å². The Bertz CT molecular complexity index is 654. The summed E-state index contributed by atoms with van der Waals surface area (Å²) in [4.78, 5) is 11.2. The summed E-state index contributed by atoms with van der Waals surface area (Å²) >= 11 is 0. The molecule has 0 aliphatic carbocycles. The number of anilines is 3. The van der Waals surface area contributed by atoms with Gasteiger partial charge in [0, 0.05) is 11.3 Å². The van der Waals surface area contributed by atoms with Crippen molar-refractivity contribution in [2.24, 2.45) is 0 Å². The number of hydrogen-bond donors (Lipinski definition) is 2. The maximum Gasteiger partial charge on any atom is 0.159 e. The molecule has 2 rings (SSSR count). The standard InChI is InChI=1S/C15H13N3O/c1-10(19)12-4-7-15(14(17)8-12)18-13-5-2-11(9-16)3-6-13/h2-8,18H,17H2,1H3. The second-order valence-electron chi connectivity index (χ2n) is 4.17. The van der Waals surface area contributed by atoms with Crippen molar-refractivity contribution in [3.63, 3.8) is 0 Å². The first-order valence-electron chi connectivity index (χ1n) is 5.78. The Morgan fingerprint density at radius 3 is 2.42 bits per heavy atom. The van der Waals surface area contributed by atoms with Gasteiger partial charge in [-0.25, -0.2) is 0 Å². The lowest BCUT2D eigenvalue weighted by molar-refractivity contribution is 0.101. The number of nitrogens with zero attached hydrogens (tertiary/aromatic N) is 1. The van der Waals surface area contributed by atoms with E-state index in [2.05, 4.69) is 11.4 Å². The normalized spacial score (nSPS) is 9.68. The van der Waals surface area contributed by atoms with Crippen molar-refractivity contribution in [2.45, 2.75) is 6.92 Å². The zero-order valence-electron chi connectivity index (χ0n) is 10.5. The van der Waals surface area contributed by atoms with Gasteiger partial charge < -0.3 is 11.1 Å². The minimum atomic E-state index is -0.0170. The van der Waals surface area contributed by atoms with Crippen molar-refractivity contribution >= 4 is 22.8 Å². The lowest BCUT2D eigenvalue weighted by Crippen LogP contribution is -1.99. The molecule has 19 heavy (non-hydrogen) atoms. The topological polar surface area (TPSA) is 78.9 Å². The molecule has 0 aliphatic rings. The molecule has 0 amide bonds. The van der Waals surface area contributed by atoms with E-state index in [-0.39, 0.29) is 5.78 Å². The van der Waals surface area contributed by atoms with Crippen LogP contribution in [0.4, 0.5) is 17.1 Å². The Kier molecular flexibility index (Phi) is 3.48. The zero-order chi connectivity index (χ0) is 13.8. The molecule has 0 saturated carbocycles. The highest BCUT2D eigenvalue weighted by Crippen LogP contribution is 2.24. The molecule has 0 heterocycles. The van der Waals surface area contributed by atoms with Crippen molar-refractivity contribution in [3.8, 4) is 6.07 Å². The summed E-state index contributed by atoms with van der Waals surface area (Å²) in [7, 11) is 0. The minimum absolute atomic E-state index is 0.0170. The van der Waals surface area contributed by atoms with Crippen LogP contribution in [-0.2, 0) is 0 Å². The van der Waals surface area contributed by atoms with Gasteiger partial charge in [-0.3, -0.25) is 4.79 Å². The highest BCUT2D eigenvalue weighted by atomic mass is 16.1. The second-order valence-corrected chi connectivity index (χ2v) is 4.17. The number of hydrogen-bond acceptors (Lipinski definition) is 4. The molecule has 0 spiro atoms. The van der Waals surface area contributed by atoms with Gasteiger partial charge in [0.25, 0.3) is 0 Å². The zero-order valence-corrected chi connectivity index (χ0v) is 10.5. The summed E-state index contributed by atoms with van der Waals surface area (Å²) in [6.07, 6.45) is 0. The summed E-state index contributed by atoms with van der Waals surface area (Å²) < 4.78 is 0. The molecule has 0 atom stereocenters. The second kappa shape index (κ2) is 5.23. The molecular weight excluding hydrogens is 238 g/mol. The van der Waals surface area contributed by atoms with E-state index >= 15 is 0 Å². The SMILES string of the molecule is CC(=O)c1ccc(Nc2ccc(C#N)cc2)c(N)c1. The van der Waals surface area contributed by atoms with E-state index < -0.39 is 0 Å². The van der Waals surface area contributed by atoms with E-state index in [4.69, 9.17) is 11.0 Å². The molecule has 94 valence electrons. The van der Waals surface area contributed by atoms with Gasteiger partial charge in [-0.1, -0.05) is 0 Å². The predicted molar refractivity (Wildman–Crippen MR) is 75.3 cm³/mol. The van der Waals surface area contributed by atoms with Crippen LogP contribution in [0.2, 0.25) is 0 Å². The first-order valence-corrected chi connectivity index (χ1v) is 5.78. The van der Waals surface area contributed by atoms with Crippen LogP contribution in [0, 0.1) is 11.3 Å². The molecule has 2 aromatic rings. The summed E-state index contributed by atoms with van der Waals surface area (Å²) in [5.41, 5.74) is 9.16. The molecule has 2 aromatic carbocycles. The van der Waals surface area contributed by atoms with E-state index in [9.17, 15) is 4.79 Å². The number of nitriles is 1. The Labute approximate surface area is 111 Å². The molecule has 3 N–H and O–H groups in total. The summed E-state index contributed by atoms with van der Waals surface area (Å²) in [5, 5.41) is 11.9. The fraction of sp³-hybridized carbons (Fsp3) is 0.0667. The highest BCUT2D eigenvalue weighted by molar-refractivity contribution is 5.96. The minimum Gasteiger partial charge on any atom is -0.397 e. The lowest BCUT2D eigenvalue weighted by Gasteiger charge is -2.10. The monoisotopic (exact) mass is 251 g/mol. The smallest absolute Gasteiger partial charge is 0.159 e. The fourth-order valence-electron chi connectivity index (χ4n) is 1.68. The molecule has 0 bridgehead atoms. The fourth-order valence-corrected chi connectivity index (χ4v) is 1.68. The van der Waals surface area contributed by atoms with Gasteiger partial charge in [0.1, 0.15) is 0 Å². The average Bonchev–Trinajstić information content (AvgIpc) is 2.41. The molecule has 0 unspecified atom stereocenters. The Morgan fingerprint density at radius 1 is 1.21 bits per heavy atom. The average molecular weight is 251 g/mol. The van der Waals surface area contributed by atoms with Crippen molar-refractivity contribution in [2.75, 3.05) is 11.1 Å². The summed E-state index contributed by atoms with van der Waals surface area (Å²) in [5.74, 6) is -0.0170. The highest BCUT2D eigenvalue weighted by Gasteiger charge is 2.04. The number of nitrogens with one attached hydrogen (secondary N) is 1. The lowest BCUT2D eigenvalue weighted by atomic mass is 10.1. The number of Topliss-reactive ketones (excluding diaryl/α,β-unsaturated/α-hetero) is 1. The van der Waals surface area contributed by atoms with Gasteiger partial charge in [0.15, 0.2) is 5.78 Å². The number of benzene rings is 2. The Balaban J connectivity index is 2.23. The summed E-state index contributed by atoms with van der Waals surface area (Å²) in [6.45, 7) is 1.50. The van der Waals surface area contributed by atoms with E-state index in [0.717, 1.165) is 11.4 Å². The van der Waals surface area contributed by atoms with Gasteiger partial charge in [0.05, 0.1) is 23.0 Å². The molecule has 0 fully saturated rings. The van der Waals surface area contributed by atoms with Gasteiger partial charge in [-0.05, 0) is 49.4 Å². The van der Waals surface area contributed by atoms with Crippen LogP contribution in [0.3, 0.4) is 0 Å². The molecule has 0 saturated heterocycles. The third kappa shape index (κ3) is 2.90. The van der Waals surface area contributed by atoms with Crippen LogP contribution in [-0.4, -0.2) is 5.78 Å². The van der Waals surface area contributed by atoms with Crippen LogP contribution >= 0.6 is 0 Å². The number of nitrogen functional groups attached to an aromatic ring is 1. The van der Waals surface area contributed by atoms with Crippen molar-refractivity contribution in [1.82, 2.24) is 0 Å². The molecule has 0 aromatic heterocycles. The number of nitrogens with two attached hydrogens (primary N) is 1. The quantitative estimate of drug-likeness (QED) is 0.649. The number of carbonyl (C=O) groups is 1. The van der Waals surface area contributed by atoms with Crippen molar-refractivity contribution < 1.29 is 4.79 Å². The van der Waals surface area contributed by atoms with Gasteiger partial charge in [-0.15, -0.1) is 0 Å². The molecule has 0 radical (unpaired) electrons. The van der Waals surface area contributed by atoms with Crippen LogP contribution in [0.5, 0.6) is 0 Å². The third-order valence-corrected chi connectivity index (χ3v) is 2.75. The van der Waals surface area contributed by atoms with E-state index in [1.807, 2.05) is 0 Å².